The maximum Gasteiger partial charge on any atom is 0.254 e. The first kappa shape index (κ1) is 18.9. The average molecular weight is 393 g/mol. The fourth-order valence-corrected chi connectivity index (χ4v) is 3.45. The van der Waals surface area contributed by atoms with Gasteiger partial charge in [-0.15, -0.1) is 5.11 Å². The second kappa shape index (κ2) is 8.31. The highest BCUT2D eigenvalue weighted by molar-refractivity contribution is 6.00. The number of benzene rings is 1. The third kappa shape index (κ3) is 4.37. The van der Waals surface area contributed by atoms with E-state index in [1.54, 1.807) is 0 Å². The molecule has 0 bridgehead atoms. The highest BCUT2D eigenvalue weighted by Crippen LogP contribution is 2.23. The standard InChI is InChI=1S/C19H23N9O/c20-14-3-1-2-4-15(14)26-19-22-9-13(16(21)29)18(27-19)25-12-7-5-11(6-8-12)17-23-10-24-28-17/h5-9,14-15H,1-4,10,20H2,(H2,21,29)(H2,22,25,26,27)/t14-,15?/m0/s1. The Hall–Kier alpha value is -3.40. The molecule has 1 amide bonds. The van der Waals surface area contributed by atoms with Crippen LogP contribution in [0, 0.1) is 0 Å². The van der Waals surface area contributed by atoms with Gasteiger partial charge in [0.15, 0.2) is 12.5 Å². The van der Waals surface area contributed by atoms with Crippen LogP contribution in [0.5, 0.6) is 0 Å². The Morgan fingerprint density at radius 3 is 2.62 bits per heavy atom. The minimum absolute atomic E-state index is 0.0581. The quantitative estimate of drug-likeness (QED) is 0.589. The highest BCUT2D eigenvalue weighted by Gasteiger charge is 2.23. The lowest BCUT2D eigenvalue weighted by Gasteiger charge is -2.29. The van der Waals surface area contributed by atoms with Crippen molar-refractivity contribution in [2.45, 2.75) is 37.8 Å². The number of amides is 1. The number of carbonyl (C=O) groups is 1. The Balaban J connectivity index is 1.54. The van der Waals surface area contributed by atoms with Gasteiger partial charge in [-0.3, -0.25) is 4.79 Å². The summed E-state index contributed by atoms with van der Waals surface area (Å²) in [5, 5.41) is 14.3. The number of hydrogen-bond acceptors (Lipinski definition) is 9. The maximum atomic E-state index is 11.8. The summed E-state index contributed by atoms with van der Waals surface area (Å²) < 4.78 is 0. The second-order valence-electron chi connectivity index (χ2n) is 7.09. The van der Waals surface area contributed by atoms with Gasteiger partial charge in [0, 0.05) is 29.5 Å². The predicted octanol–water partition coefficient (Wildman–Crippen LogP) is 2.17. The van der Waals surface area contributed by atoms with Crippen LogP contribution in [-0.4, -0.2) is 40.5 Å². The molecule has 1 aliphatic carbocycles. The van der Waals surface area contributed by atoms with Gasteiger partial charge in [0.1, 0.15) is 11.4 Å². The molecule has 10 nitrogen and oxygen atoms in total. The van der Waals surface area contributed by atoms with Crippen LogP contribution in [0.4, 0.5) is 17.5 Å². The molecule has 4 rings (SSSR count). The molecule has 10 heteroatoms. The summed E-state index contributed by atoms with van der Waals surface area (Å²) >= 11 is 0. The summed E-state index contributed by atoms with van der Waals surface area (Å²) in [5.41, 5.74) is 13.5. The molecule has 0 spiro atoms. The van der Waals surface area contributed by atoms with Gasteiger partial charge in [-0.05, 0) is 37.1 Å². The van der Waals surface area contributed by atoms with Crippen LogP contribution in [0.2, 0.25) is 0 Å². The number of nitrogens with zero attached hydrogens (tertiary/aromatic N) is 5. The number of hydrogen-bond donors (Lipinski definition) is 4. The van der Waals surface area contributed by atoms with Crippen molar-refractivity contribution in [3.05, 3.63) is 41.6 Å². The molecule has 0 radical (unpaired) electrons. The van der Waals surface area contributed by atoms with Crippen molar-refractivity contribution >= 4 is 29.2 Å². The van der Waals surface area contributed by atoms with Crippen molar-refractivity contribution in [1.82, 2.24) is 9.97 Å². The first-order valence-electron chi connectivity index (χ1n) is 9.58. The lowest BCUT2D eigenvalue weighted by Crippen LogP contribution is -2.43. The number of anilines is 3. The van der Waals surface area contributed by atoms with Crippen LogP contribution >= 0.6 is 0 Å². The van der Waals surface area contributed by atoms with Crippen molar-refractivity contribution < 1.29 is 4.79 Å². The van der Waals surface area contributed by atoms with Gasteiger partial charge in [0.25, 0.3) is 5.91 Å². The molecule has 1 aromatic carbocycles. The molecule has 2 aromatic rings. The van der Waals surface area contributed by atoms with E-state index < -0.39 is 5.91 Å². The molecule has 0 saturated heterocycles. The van der Waals surface area contributed by atoms with E-state index in [9.17, 15) is 4.79 Å². The lowest BCUT2D eigenvalue weighted by atomic mass is 9.91. The zero-order chi connectivity index (χ0) is 20.2. The summed E-state index contributed by atoms with van der Waals surface area (Å²) in [6.45, 7) is 0.360. The van der Waals surface area contributed by atoms with E-state index in [1.165, 1.54) is 6.20 Å². The fourth-order valence-electron chi connectivity index (χ4n) is 3.45. The molecule has 2 aliphatic rings. The zero-order valence-electron chi connectivity index (χ0n) is 15.9. The Morgan fingerprint density at radius 2 is 1.93 bits per heavy atom. The Labute approximate surface area is 167 Å². The van der Waals surface area contributed by atoms with Gasteiger partial charge in [0.2, 0.25) is 5.95 Å². The van der Waals surface area contributed by atoms with Crippen LogP contribution in [0.1, 0.15) is 41.6 Å². The van der Waals surface area contributed by atoms with Gasteiger partial charge in [0.05, 0.1) is 0 Å². The van der Waals surface area contributed by atoms with Crippen LogP contribution < -0.4 is 22.1 Å². The van der Waals surface area contributed by atoms with Crippen molar-refractivity contribution in [3.8, 4) is 0 Å². The summed E-state index contributed by atoms with van der Waals surface area (Å²) in [6, 6.07) is 7.61. The van der Waals surface area contributed by atoms with E-state index in [0.29, 0.717) is 24.3 Å². The molecule has 1 unspecified atom stereocenters. The van der Waals surface area contributed by atoms with Crippen molar-refractivity contribution in [1.29, 1.82) is 0 Å². The van der Waals surface area contributed by atoms with Crippen LogP contribution in [-0.2, 0) is 0 Å². The minimum Gasteiger partial charge on any atom is -0.365 e. The second-order valence-corrected chi connectivity index (χ2v) is 7.09. The normalized spacial score (nSPS) is 20.9. The van der Waals surface area contributed by atoms with Crippen molar-refractivity contribution in [2.24, 2.45) is 26.7 Å². The van der Waals surface area contributed by atoms with E-state index in [-0.39, 0.29) is 17.6 Å². The Morgan fingerprint density at radius 1 is 1.14 bits per heavy atom. The number of amidine groups is 1. The van der Waals surface area contributed by atoms with E-state index in [0.717, 1.165) is 36.9 Å². The monoisotopic (exact) mass is 393 g/mol. The molecule has 6 N–H and O–H groups in total. The zero-order valence-corrected chi connectivity index (χ0v) is 15.9. The molecule has 29 heavy (non-hydrogen) atoms. The maximum absolute atomic E-state index is 11.8. The average Bonchev–Trinajstić information content (AvgIpc) is 3.25. The predicted molar refractivity (Wildman–Crippen MR) is 110 cm³/mol. The van der Waals surface area contributed by atoms with E-state index >= 15 is 0 Å². The topological polar surface area (TPSA) is 156 Å². The van der Waals surface area contributed by atoms with E-state index in [1.807, 2.05) is 24.3 Å². The van der Waals surface area contributed by atoms with Crippen molar-refractivity contribution in [3.63, 3.8) is 0 Å². The molecule has 1 fully saturated rings. The largest absolute Gasteiger partial charge is 0.365 e. The summed E-state index contributed by atoms with van der Waals surface area (Å²) in [4.78, 5) is 24.7. The number of nitrogens with two attached hydrogens (primary N) is 2. The number of primary amides is 1. The first-order valence-corrected chi connectivity index (χ1v) is 9.58. The van der Waals surface area contributed by atoms with E-state index in [4.69, 9.17) is 11.5 Å². The highest BCUT2D eigenvalue weighted by atomic mass is 16.1. The molecule has 1 aromatic heterocycles. The molecule has 1 saturated carbocycles. The lowest BCUT2D eigenvalue weighted by molar-refractivity contribution is 0.100. The van der Waals surface area contributed by atoms with Gasteiger partial charge < -0.3 is 22.1 Å². The first-order chi connectivity index (χ1) is 14.1. The van der Waals surface area contributed by atoms with Crippen molar-refractivity contribution in [2.75, 3.05) is 17.3 Å². The Bertz CT molecular complexity index is 955. The summed E-state index contributed by atoms with van der Waals surface area (Å²) in [5.74, 6) is 0.750. The third-order valence-electron chi connectivity index (χ3n) is 5.04. The smallest absolute Gasteiger partial charge is 0.254 e. The number of rotatable bonds is 6. The van der Waals surface area contributed by atoms with Crippen LogP contribution in [0.25, 0.3) is 0 Å². The fraction of sp³-hybridized carbons (Fsp3) is 0.368. The molecule has 2 atom stereocenters. The number of azo groups is 1. The van der Waals surface area contributed by atoms with Crippen LogP contribution in [0.15, 0.2) is 45.7 Å². The van der Waals surface area contributed by atoms with Gasteiger partial charge in [-0.1, -0.05) is 12.8 Å². The van der Waals surface area contributed by atoms with Gasteiger partial charge in [-0.25, -0.2) is 9.98 Å². The third-order valence-corrected chi connectivity index (χ3v) is 5.04. The number of aliphatic imine (C=N–C) groups is 1. The number of aromatic nitrogens is 2. The van der Waals surface area contributed by atoms with Crippen LogP contribution in [0.3, 0.4) is 0 Å². The van der Waals surface area contributed by atoms with Gasteiger partial charge >= 0.3 is 0 Å². The Kier molecular flexibility index (Phi) is 5.43. The molecule has 150 valence electrons. The minimum atomic E-state index is -0.606. The number of nitrogens with one attached hydrogen (secondary N) is 2. The molecule has 1 aliphatic heterocycles. The molecular weight excluding hydrogens is 370 g/mol. The number of carbonyl (C=O) groups excluding carboxylic acids is 1. The van der Waals surface area contributed by atoms with E-state index in [2.05, 4.69) is 35.8 Å². The SMILES string of the molecule is NC(=O)c1cnc(NC2CCCC[C@@H]2N)nc1Nc1ccc(C2=NCN=N2)cc1. The molecular formula is C19H23N9O. The summed E-state index contributed by atoms with van der Waals surface area (Å²) in [6.07, 6.45) is 5.62. The summed E-state index contributed by atoms with van der Waals surface area (Å²) in [7, 11) is 0. The molecule has 2 heterocycles. The van der Waals surface area contributed by atoms with Gasteiger partial charge in [-0.2, -0.15) is 10.1 Å².